The van der Waals surface area contributed by atoms with E-state index in [2.05, 4.69) is 19.8 Å². The summed E-state index contributed by atoms with van der Waals surface area (Å²) in [6.45, 7) is 2.59. The van der Waals surface area contributed by atoms with Crippen molar-refractivity contribution in [1.82, 2.24) is 19.5 Å². The van der Waals surface area contributed by atoms with Crippen molar-refractivity contribution in [3.8, 4) is 5.75 Å². The molecule has 0 saturated carbocycles. The molecule has 9 heteroatoms. The fourth-order valence-electron chi connectivity index (χ4n) is 4.71. The molecule has 31 heavy (non-hydrogen) atoms. The molecule has 5 rings (SSSR count). The Morgan fingerprint density at radius 1 is 1.19 bits per heavy atom. The molecule has 1 saturated heterocycles. The maximum absolute atomic E-state index is 12.9. The van der Waals surface area contributed by atoms with Crippen molar-refractivity contribution in [3.63, 3.8) is 0 Å². The van der Waals surface area contributed by atoms with E-state index < -0.39 is 0 Å². The average Bonchev–Trinajstić information content (AvgIpc) is 3.28. The number of pyridine rings is 1. The minimum Gasteiger partial charge on any atom is -0.496 e. The first-order chi connectivity index (χ1) is 15.1. The average molecular weight is 438 g/mol. The molecule has 4 heterocycles. The molecule has 2 aromatic heterocycles. The topological polar surface area (TPSA) is 89.3 Å². The summed E-state index contributed by atoms with van der Waals surface area (Å²) in [5.41, 5.74) is 2.40. The number of hydrogen-bond donors (Lipinski definition) is 1. The summed E-state index contributed by atoms with van der Waals surface area (Å²) in [4.78, 5) is 27.4. The lowest BCUT2D eigenvalue weighted by Gasteiger charge is -2.43. The highest BCUT2D eigenvalue weighted by atomic mass is 32.1. The number of para-hydroxylation sites is 1. The highest BCUT2D eigenvalue weighted by Crippen LogP contribution is 2.38. The van der Waals surface area contributed by atoms with Gasteiger partial charge in [-0.05, 0) is 24.5 Å². The Morgan fingerprint density at radius 2 is 2.06 bits per heavy atom. The number of anilines is 1. The van der Waals surface area contributed by atoms with Gasteiger partial charge in [0, 0.05) is 61.0 Å². The van der Waals surface area contributed by atoms with Crippen LogP contribution in [0, 0.1) is 5.92 Å². The number of rotatable bonds is 5. The quantitative estimate of drug-likeness (QED) is 0.659. The van der Waals surface area contributed by atoms with Gasteiger partial charge in [0.2, 0.25) is 0 Å². The fourth-order valence-corrected chi connectivity index (χ4v) is 5.39. The van der Waals surface area contributed by atoms with Gasteiger partial charge >= 0.3 is 0 Å². The summed E-state index contributed by atoms with van der Waals surface area (Å²) in [5, 5.41) is 7.86. The molecular formula is C22H23N5O3S. The van der Waals surface area contributed by atoms with Crippen LogP contribution in [0.1, 0.15) is 34.1 Å². The number of nitrogens with zero attached hydrogens (tertiary/aromatic N) is 4. The van der Waals surface area contributed by atoms with Gasteiger partial charge in [-0.25, -0.2) is 0 Å². The summed E-state index contributed by atoms with van der Waals surface area (Å²) in [7, 11) is 1.61. The number of methoxy groups -OCH3 is 1. The smallest absolute Gasteiger partial charge is 0.275 e. The van der Waals surface area contributed by atoms with Gasteiger partial charge in [0.15, 0.2) is 5.69 Å². The van der Waals surface area contributed by atoms with Crippen LogP contribution in [0.4, 0.5) is 5.00 Å². The van der Waals surface area contributed by atoms with Crippen LogP contribution in [0.2, 0.25) is 0 Å². The van der Waals surface area contributed by atoms with Crippen molar-refractivity contribution in [2.24, 2.45) is 5.92 Å². The van der Waals surface area contributed by atoms with E-state index in [1.54, 1.807) is 13.2 Å². The molecule has 0 spiro atoms. The number of aromatic nitrogens is 3. The third-order valence-electron chi connectivity index (χ3n) is 6.08. The predicted octanol–water partition coefficient (Wildman–Crippen LogP) is 2.26. The Hall–Kier alpha value is -3.20. The molecule has 1 N–H and O–H groups in total. The number of amides is 1. The van der Waals surface area contributed by atoms with Crippen LogP contribution in [0.5, 0.6) is 5.75 Å². The Kier molecular flexibility index (Phi) is 5.19. The second kappa shape index (κ2) is 8.14. The maximum Gasteiger partial charge on any atom is 0.275 e. The van der Waals surface area contributed by atoms with E-state index in [1.807, 2.05) is 41.0 Å². The number of fused-ring (bicyclic) bond motifs is 4. The Bertz CT molecular complexity index is 1170. The molecule has 3 aromatic rings. The fraction of sp³-hybridized carbons (Fsp3) is 0.364. The molecule has 0 aliphatic carbocycles. The molecule has 2 unspecified atom stereocenters. The van der Waals surface area contributed by atoms with E-state index in [0.29, 0.717) is 24.7 Å². The van der Waals surface area contributed by atoms with E-state index in [-0.39, 0.29) is 17.4 Å². The van der Waals surface area contributed by atoms with Gasteiger partial charge in [0.05, 0.1) is 7.11 Å². The molecule has 160 valence electrons. The molecule has 2 bridgehead atoms. The van der Waals surface area contributed by atoms with Crippen LogP contribution >= 0.6 is 11.5 Å². The normalized spacial score (nSPS) is 19.6. The number of carbonyl (C=O) groups is 1. The second-order valence-electron chi connectivity index (χ2n) is 8.02. The van der Waals surface area contributed by atoms with Crippen molar-refractivity contribution in [3.05, 3.63) is 69.8 Å². The zero-order chi connectivity index (χ0) is 21.4. The van der Waals surface area contributed by atoms with Crippen molar-refractivity contribution < 1.29 is 9.53 Å². The zero-order valence-corrected chi connectivity index (χ0v) is 18.0. The number of piperidine rings is 1. The lowest BCUT2D eigenvalue weighted by molar-refractivity contribution is 0.0946. The first kappa shape index (κ1) is 19.7. The summed E-state index contributed by atoms with van der Waals surface area (Å²) >= 11 is 1.25. The minimum absolute atomic E-state index is 0.0662. The van der Waals surface area contributed by atoms with Gasteiger partial charge < -0.3 is 19.5 Å². The maximum atomic E-state index is 12.9. The number of carbonyl (C=O) groups excluding carboxylic acids is 1. The van der Waals surface area contributed by atoms with E-state index in [4.69, 9.17) is 4.74 Å². The number of benzene rings is 1. The molecule has 0 radical (unpaired) electrons. The predicted molar refractivity (Wildman–Crippen MR) is 118 cm³/mol. The van der Waals surface area contributed by atoms with Crippen molar-refractivity contribution in [2.45, 2.75) is 25.4 Å². The van der Waals surface area contributed by atoms with Crippen molar-refractivity contribution in [2.75, 3.05) is 25.1 Å². The summed E-state index contributed by atoms with van der Waals surface area (Å²) < 4.78 is 11.3. The second-order valence-corrected chi connectivity index (χ2v) is 8.76. The number of nitrogens with one attached hydrogen (secondary N) is 1. The van der Waals surface area contributed by atoms with Crippen LogP contribution in [0.3, 0.4) is 0 Å². The van der Waals surface area contributed by atoms with Gasteiger partial charge in [0.25, 0.3) is 11.5 Å². The minimum atomic E-state index is -0.248. The van der Waals surface area contributed by atoms with E-state index >= 15 is 0 Å². The SMILES string of the molecule is COc1ccccc1CNC(=O)c1nnsc1N1CC2CC(C1)c1cccc(=O)n1C2. The first-order valence-electron chi connectivity index (χ1n) is 10.3. The lowest BCUT2D eigenvalue weighted by atomic mass is 9.83. The molecule has 1 amide bonds. The summed E-state index contributed by atoms with van der Waals surface area (Å²) in [6.07, 6.45) is 1.06. The van der Waals surface area contributed by atoms with Crippen molar-refractivity contribution in [1.29, 1.82) is 0 Å². The van der Waals surface area contributed by atoms with E-state index in [0.717, 1.165) is 41.5 Å². The Balaban J connectivity index is 1.34. The van der Waals surface area contributed by atoms with Crippen LogP contribution in [0.25, 0.3) is 0 Å². The largest absolute Gasteiger partial charge is 0.496 e. The monoisotopic (exact) mass is 437 g/mol. The first-order valence-corrected chi connectivity index (χ1v) is 11.1. The molecule has 2 aliphatic rings. The zero-order valence-electron chi connectivity index (χ0n) is 17.2. The van der Waals surface area contributed by atoms with Crippen LogP contribution in [-0.4, -0.2) is 40.3 Å². The highest BCUT2D eigenvalue weighted by Gasteiger charge is 2.36. The standard InChI is InChI=1S/C22H23N5O3S/c1-30-18-7-3-2-5-15(18)10-23-21(29)20-22(31-25-24-20)26-11-14-9-16(13-26)17-6-4-8-19(28)27(17)12-14/h2-8,14,16H,9-13H2,1H3,(H,23,29). The summed E-state index contributed by atoms with van der Waals surface area (Å²) in [6, 6.07) is 13.1. The van der Waals surface area contributed by atoms with Gasteiger partial charge in [-0.3, -0.25) is 9.59 Å². The van der Waals surface area contributed by atoms with Crippen LogP contribution < -0.4 is 20.5 Å². The molecule has 1 fully saturated rings. The number of hydrogen-bond acceptors (Lipinski definition) is 7. The molecule has 2 atom stereocenters. The molecule has 1 aromatic carbocycles. The molecule has 2 aliphatic heterocycles. The van der Waals surface area contributed by atoms with Crippen LogP contribution in [-0.2, 0) is 13.1 Å². The van der Waals surface area contributed by atoms with Crippen LogP contribution in [0.15, 0.2) is 47.3 Å². The van der Waals surface area contributed by atoms with E-state index in [1.165, 1.54) is 11.5 Å². The van der Waals surface area contributed by atoms with Gasteiger partial charge in [-0.1, -0.05) is 28.8 Å². The lowest BCUT2D eigenvalue weighted by Crippen LogP contribution is -2.47. The molecular weight excluding hydrogens is 414 g/mol. The Labute approximate surface area is 183 Å². The van der Waals surface area contributed by atoms with Crippen molar-refractivity contribution >= 4 is 22.4 Å². The molecule has 8 nitrogen and oxygen atoms in total. The highest BCUT2D eigenvalue weighted by molar-refractivity contribution is 7.10. The van der Waals surface area contributed by atoms with Gasteiger partial charge in [-0.2, -0.15) is 0 Å². The van der Waals surface area contributed by atoms with E-state index in [9.17, 15) is 9.59 Å². The third-order valence-corrected chi connectivity index (χ3v) is 6.87. The van der Waals surface area contributed by atoms with Gasteiger partial charge in [0.1, 0.15) is 10.8 Å². The summed E-state index contributed by atoms with van der Waals surface area (Å²) in [5.74, 6) is 1.10. The third kappa shape index (κ3) is 3.69. The van der Waals surface area contributed by atoms with Gasteiger partial charge in [-0.15, -0.1) is 5.10 Å². The number of ether oxygens (including phenoxy) is 1. The Morgan fingerprint density at radius 3 is 2.94 bits per heavy atom.